The summed E-state index contributed by atoms with van der Waals surface area (Å²) in [6, 6.07) is 10.5. The number of halogens is 3. The fraction of sp³-hybridized carbons (Fsp3) is 0.333. The SMILES string of the molecule is CC(c1ccc(-c2cc(F)c(Br)cc2F)cc1)N1CCCC1. The number of nitrogens with zero attached hydrogens (tertiary/aromatic N) is 1. The maximum atomic E-state index is 14.0. The van der Waals surface area contributed by atoms with Crippen LogP contribution in [0.1, 0.15) is 31.4 Å². The summed E-state index contributed by atoms with van der Waals surface area (Å²) in [5, 5.41) is 0. The Balaban J connectivity index is 1.86. The molecule has 1 atom stereocenters. The van der Waals surface area contributed by atoms with E-state index in [0.29, 0.717) is 17.2 Å². The van der Waals surface area contributed by atoms with Gasteiger partial charge in [0.2, 0.25) is 0 Å². The van der Waals surface area contributed by atoms with Gasteiger partial charge < -0.3 is 0 Å². The molecule has 22 heavy (non-hydrogen) atoms. The Hall–Kier alpha value is -1.26. The molecule has 0 radical (unpaired) electrons. The van der Waals surface area contributed by atoms with Gasteiger partial charge in [-0.05, 0) is 72.0 Å². The van der Waals surface area contributed by atoms with Crippen LogP contribution >= 0.6 is 15.9 Å². The highest BCUT2D eigenvalue weighted by Gasteiger charge is 2.19. The van der Waals surface area contributed by atoms with Crippen LogP contribution in [0.5, 0.6) is 0 Å². The molecule has 1 fully saturated rings. The molecule has 2 aromatic rings. The maximum absolute atomic E-state index is 14.0. The number of hydrogen-bond donors (Lipinski definition) is 0. The monoisotopic (exact) mass is 365 g/mol. The van der Waals surface area contributed by atoms with Gasteiger partial charge in [0.15, 0.2) is 0 Å². The topological polar surface area (TPSA) is 3.24 Å². The van der Waals surface area contributed by atoms with Crippen molar-refractivity contribution >= 4 is 15.9 Å². The van der Waals surface area contributed by atoms with Crippen molar-refractivity contribution in [3.05, 3.63) is 58.1 Å². The Labute approximate surface area is 138 Å². The molecule has 0 aliphatic carbocycles. The molecule has 1 aliphatic rings. The molecule has 1 saturated heterocycles. The zero-order valence-corrected chi connectivity index (χ0v) is 14.0. The van der Waals surface area contributed by atoms with Gasteiger partial charge >= 0.3 is 0 Å². The minimum absolute atomic E-state index is 0.146. The van der Waals surface area contributed by atoms with Gasteiger partial charge in [0, 0.05) is 11.6 Å². The van der Waals surface area contributed by atoms with Crippen molar-refractivity contribution in [2.24, 2.45) is 0 Å². The van der Waals surface area contributed by atoms with Crippen molar-refractivity contribution < 1.29 is 8.78 Å². The lowest BCUT2D eigenvalue weighted by molar-refractivity contribution is 0.263. The van der Waals surface area contributed by atoms with Crippen LogP contribution in [0.2, 0.25) is 0 Å². The van der Waals surface area contributed by atoms with Crippen LogP contribution in [0.4, 0.5) is 8.78 Å². The molecule has 0 spiro atoms. The van der Waals surface area contributed by atoms with E-state index in [1.807, 2.05) is 24.3 Å². The second-order valence-electron chi connectivity index (χ2n) is 5.79. The normalized spacial score (nSPS) is 16.9. The first-order valence-corrected chi connectivity index (χ1v) is 8.34. The van der Waals surface area contributed by atoms with Crippen LogP contribution in [-0.2, 0) is 0 Å². The first-order chi connectivity index (χ1) is 10.6. The summed E-state index contributed by atoms with van der Waals surface area (Å²) in [7, 11) is 0. The third-order valence-electron chi connectivity index (χ3n) is 4.40. The van der Waals surface area contributed by atoms with E-state index in [1.165, 1.54) is 30.5 Å². The summed E-state index contributed by atoms with van der Waals surface area (Å²) >= 11 is 3.00. The van der Waals surface area contributed by atoms with Gasteiger partial charge in [0.25, 0.3) is 0 Å². The fourth-order valence-corrected chi connectivity index (χ4v) is 3.34. The van der Waals surface area contributed by atoms with E-state index in [9.17, 15) is 8.78 Å². The number of likely N-dealkylation sites (tertiary alicyclic amines) is 1. The van der Waals surface area contributed by atoms with Crippen molar-refractivity contribution in [2.45, 2.75) is 25.8 Å². The molecule has 3 rings (SSSR count). The van der Waals surface area contributed by atoms with Gasteiger partial charge in [0.05, 0.1) is 4.47 Å². The van der Waals surface area contributed by atoms with E-state index in [-0.39, 0.29) is 4.47 Å². The van der Waals surface area contributed by atoms with Crippen molar-refractivity contribution in [3.63, 3.8) is 0 Å². The minimum Gasteiger partial charge on any atom is -0.297 e. The van der Waals surface area contributed by atoms with Crippen LogP contribution in [0.15, 0.2) is 40.9 Å². The van der Waals surface area contributed by atoms with Crippen molar-refractivity contribution in [1.29, 1.82) is 0 Å². The van der Waals surface area contributed by atoms with Crippen molar-refractivity contribution in [2.75, 3.05) is 13.1 Å². The van der Waals surface area contributed by atoms with E-state index in [1.54, 1.807) is 0 Å². The standard InChI is InChI=1S/C18H18BrF2N/c1-12(22-8-2-3-9-22)13-4-6-14(7-5-13)15-10-18(21)16(19)11-17(15)20/h4-7,10-12H,2-3,8-9H2,1H3. The molecule has 2 aromatic carbocycles. The predicted molar refractivity (Wildman–Crippen MR) is 88.7 cm³/mol. The fourth-order valence-electron chi connectivity index (χ4n) is 3.02. The highest BCUT2D eigenvalue weighted by Crippen LogP contribution is 2.30. The maximum Gasteiger partial charge on any atom is 0.138 e. The molecule has 1 heterocycles. The summed E-state index contributed by atoms with van der Waals surface area (Å²) < 4.78 is 27.8. The number of hydrogen-bond acceptors (Lipinski definition) is 1. The van der Waals surface area contributed by atoms with Crippen LogP contribution in [0, 0.1) is 11.6 Å². The van der Waals surface area contributed by atoms with Crippen molar-refractivity contribution in [3.8, 4) is 11.1 Å². The first-order valence-electron chi connectivity index (χ1n) is 7.55. The van der Waals surface area contributed by atoms with Gasteiger partial charge in [-0.3, -0.25) is 4.90 Å². The van der Waals surface area contributed by atoms with Gasteiger partial charge in [-0.25, -0.2) is 8.78 Å². The van der Waals surface area contributed by atoms with Gasteiger partial charge in [-0.1, -0.05) is 24.3 Å². The predicted octanol–water partition coefficient (Wildman–Crippen LogP) is 5.55. The van der Waals surface area contributed by atoms with Crippen molar-refractivity contribution in [1.82, 2.24) is 4.90 Å². The van der Waals surface area contributed by atoms with Crippen LogP contribution < -0.4 is 0 Å². The molecule has 116 valence electrons. The number of benzene rings is 2. The highest BCUT2D eigenvalue weighted by atomic mass is 79.9. The molecule has 4 heteroatoms. The third-order valence-corrected chi connectivity index (χ3v) is 5.01. The van der Waals surface area contributed by atoms with Gasteiger partial charge in [-0.15, -0.1) is 0 Å². The smallest absolute Gasteiger partial charge is 0.138 e. The van der Waals surface area contributed by atoms with Gasteiger partial charge in [0.1, 0.15) is 11.6 Å². The van der Waals surface area contributed by atoms with E-state index in [2.05, 4.69) is 27.8 Å². The lowest BCUT2D eigenvalue weighted by Crippen LogP contribution is -2.23. The number of rotatable bonds is 3. The summed E-state index contributed by atoms with van der Waals surface area (Å²) in [6.45, 7) is 4.46. The minimum atomic E-state index is -0.453. The molecule has 0 bridgehead atoms. The Morgan fingerprint density at radius 1 is 1.00 bits per heavy atom. The lowest BCUT2D eigenvalue weighted by Gasteiger charge is -2.24. The molecule has 1 aliphatic heterocycles. The summed E-state index contributed by atoms with van der Waals surface area (Å²) in [6.07, 6.45) is 2.51. The Morgan fingerprint density at radius 2 is 1.64 bits per heavy atom. The second-order valence-corrected chi connectivity index (χ2v) is 6.64. The molecule has 1 nitrogen and oxygen atoms in total. The van der Waals surface area contributed by atoms with Crippen LogP contribution in [0.25, 0.3) is 11.1 Å². The summed E-state index contributed by atoms with van der Waals surface area (Å²) in [5.41, 5.74) is 2.20. The molecule has 0 saturated carbocycles. The molecule has 1 unspecified atom stereocenters. The molecular formula is C18H18BrF2N. The molecule has 0 aromatic heterocycles. The van der Waals surface area contributed by atoms with E-state index in [4.69, 9.17) is 0 Å². The molecular weight excluding hydrogens is 348 g/mol. The summed E-state index contributed by atoms with van der Waals surface area (Å²) in [4.78, 5) is 2.45. The van der Waals surface area contributed by atoms with E-state index < -0.39 is 11.6 Å². The average Bonchev–Trinajstić information content (AvgIpc) is 3.05. The molecule has 0 N–H and O–H groups in total. The van der Waals surface area contributed by atoms with Crippen LogP contribution in [0.3, 0.4) is 0 Å². The third kappa shape index (κ3) is 3.08. The Bertz CT molecular complexity index is 664. The first kappa shape index (κ1) is 15.6. The van der Waals surface area contributed by atoms with E-state index in [0.717, 1.165) is 13.1 Å². The summed E-state index contributed by atoms with van der Waals surface area (Å²) in [5.74, 6) is -0.875. The Kier molecular flexibility index (Phi) is 4.59. The van der Waals surface area contributed by atoms with E-state index >= 15 is 0 Å². The average molecular weight is 366 g/mol. The van der Waals surface area contributed by atoms with Gasteiger partial charge in [-0.2, -0.15) is 0 Å². The zero-order chi connectivity index (χ0) is 15.7. The molecule has 0 amide bonds. The quantitative estimate of drug-likeness (QED) is 0.644. The zero-order valence-electron chi connectivity index (χ0n) is 12.5. The highest BCUT2D eigenvalue weighted by molar-refractivity contribution is 9.10. The van der Waals surface area contributed by atoms with Crippen LogP contribution in [-0.4, -0.2) is 18.0 Å². The largest absolute Gasteiger partial charge is 0.297 e. The second kappa shape index (κ2) is 6.47. The lowest BCUT2D eigenvalue weighted by atomic mass is 10.0. The Morgan fingerprint density at radius 3 is 2.27 bits per heavy atom.